The molecule has 0 unspecified atom stereocenters. The van der Waals surface area contributed by atoms with Crippen molar-refractivity contribution in [3.05, 3.63) is 23.8 Å². The number of methoxy groups -OCH3 is 1. The van der Waals surface area contributed by atoms with Crippen molar-refractivity contribution in [1.82, 2.24) is 4.31 Å². The third-order valence-electron chi connectivity index (χ3n) is 2.98. The molecule has 1 aromatic carbocycles. The zero-order chi connectivity index (χ0) is 15.2. The third-order valence-corrected chi connectivity index (χ3v) is 5.53. The summed E-state index contributed by atoms with van der Waals surface area (Å²) in [6, 6.07) is 4.99. The molecule has 0 bridgehead atoms. The van der Waals surface area contributed by atoms with Crippen LogP contribution in [0.5, 0.6) is 5.75 Å². The summed E-state index contributed by atoms with van der Waals surface area (Å²) in [7, 11) is -0.325. The molecule has 1 aromatic rings. The Morgan fingerprint density at radius 3 is 2.65 bits per heavy atom. The molecule has 0 aliphatic carbocycles. The summed E-state index contributed by atoms with van der Waals surface area (Å²) in [5.74, 6) is 1.40. The predicted octanol–water partition coefficient (Wildman–Crippen LogP) is 1.18. The molecule has 0 saturated carbocycles. The maximum absolute atomic E-state index is 12.6. The van der Waals surface area contributed by atoms with Gasteiger partial charge < -0.3 is 10.5 Å². The fourth-order valence-electron chi connectivity index (χ4n) is 1.79. The van der Waals surface area contributed by atoms with Crippen LogP contribution in [0.3, 0.4) is 0 Å². The molecule has 0 saturated heterocycles. The van der Waals surface area contributed by atoms with Gasteiger partial charge in [0.25, 0.3) is 0 Å². The van der Waals surface area contributed by atoms with Gasteiger partial charge in [-0.15, -0.1) is 0 Å². The quantitative estimate of drug-likeness (QED) is 0.779. The zero-order valence-electron chi connectivity index (χ0n) is 12.1. The highest BCUT2D eigenvalue weighted by Crippen LogP contribution is 2.24. The molecule has 20 heavy (non-hydrogen) atoms. The van der Waals surface area contributed by atoms with Gasteiger partial charge in [0.1, 0.15) is 5.75 Å². The highest BCUT2D eigenvalue weighted by atomic mass is 32.2. The molecule has 5 nitrogen and oxygen atoms in total. The van der Waals surface area contributed by atoms with E-state index in [1.807, 2.05) is 6.26 Å². The maximum Gasteiger partial charge on any atom is 0.243 e. The number of hydrogen-bond donors (Lipinski definition) is 1. The Balaban J connectivity index is 3.16. The smallest absolute Gasteiger partial charge is 0.243 e. The highest BCUT2D eigenvalue weighted by molar-refractivity contribution is 7.98. The number of nitrogens with zero attached hydrogens (tertiary/aromatic N) is 1. The van der Waals surface area contributed by atoms with E-state index in [1.165, 1.54) is 4.31 Å². The first-order valence-electron chi connectivity index (χ1n) is 6.29. The largest absolute Gasteiger partial charge is 0.497 e. The summed E-state index contributed by atoms with van der Waals surface area (Å²) in [5, 5.41) is 0. The summed E-state index contributed by atoms with van der Waals surface area (Å²) in [4.78, 5) is 0.312. The number of benzene rings is 1. The lowest BCUT2D eigenvalue weighted by atomic mass is 10.1. The Labute approximate surface area is 125 Å². The zero-order valence-corrected chi connectivity index (χ0v) is 13.8. The van der Waals surface area contributed by atoms with Crippen LogP contribution >= 0.6 is 11.8 Å². The topological polar surface area (TPSA) is 72.6 Å². The average molecular weight is 318 g/mol. The molecule has 2 N–H and O–H groups in total. The molecule has 0 amide bonds. The van der Waals surface area contributed by atoms with Gasteiger partial charge in [0.05, 0.1) is 12.0 Å². The van der Waals surface area contributed by atoms with E-state index in [1.54, 1.807) is 44.1 Å². The van der Waals surface area contributed by atoms with E-state index in [0.717, 1.165) is 5.75 Å². The SMILES string of the molecule is COc1ccc(S(=O)(=O)N(C)CCSC)c(CCN)c1. The molecule has 0 spiro atoms. The minimum atomic E-state index is -3.48. The Morgan fingerprint density at radius 1 is 1.40 bits per heavy atom. The summed E-state index contributed by atoms with van der Waals surface area (Å²) in [6.45, 7) is 0.877. The Hall–Kier alpha value is -0.760. The summed E-state index contributed by atoms with van der Waals surface area (Å²) < 4.78 is 31.7. The summed E-state index contributed by atoms with van der Waals surface area (Å²) >= 11 is 1.62. The van der Waals surface area contributed by atoms with Crippen molar-refractivity contribution in [3.63, 3.8) is 0 Å². The summed E-state index contributed by atoms with van der Waals surface area (Å²) in [5.41, 5.74) is 6.27. The van der Waals surface area contributed by atoms with Gasteiger partial charge in [0, 0.05) is 19.3 Å². The van der Waals surface area contributed by atoms with Gasteiger partial charge in [-0.05, 0) is 43.0 Å². The number of rotatable bonds is 8. The minimum Gasteiger partial charge on any atom is -0.497 e. The van der Waals surface area contributed by atoms with Crippen LogP contribution in [0.25, 0.3) is 0 Å². The van der Waals surface area contributed by atoms with Crippen LogP contribution in [0.1, 0.15) is 5.56 Å². The van der Waals surface area contributed by atoms with Gasteiger partial charge in [0.15, 0.2) is 0 Å². The van der Waals surface area contributed by atoms with Gasteiger partial charge >= 0.3 is 0 Å². The summed E-state index contributed by atoms with van der Waals surface area (Å²) in [6.07, 6.45) is 2.45. The molecule has 0 aliphatic rings. The van der Waals surface area contributed by atoms with Crippen molar-refractivity contribution in [2.24, 2.45) is 5.73 Å². The first-order valence-corrected chi connectivity index (χ1v) is 9.13. The molecule has 7 heteroatoms. The van der Waals surface area contributed by atoms with Crippen LogP contribution in [0.15, 0.2) is 23.1 Å². The number of thioether (sulfide) groups is 1. The van der Waals surface area contributed by atoms with Crippen LogP contribution in [-0.2, 0) is 16.4 Å². The van der Waals surface area contributed by atoms with Gasteiger partial charge in [-0.1, -0.05) is 0 Å². The van der Waals surface area contributed by atoms with Gasteiger partial charge in [-0.3, -0.25) is 0 Å². The van der Waals surface area contributed by atoms with Gasteiger partial charge in [0.2, 0.25) is 10.0 Å². The highest BCUT2D eigenvalue weighted by Gasteiger charge is 2.23. The van der Waals surface area contributed by atoms with Crippen molar-refractivity contribution in [2.45, 2.75) is 11.3 Å². The molecule has 0 fully saturated rings. The van der Waals surface area contributed by atoms with Gasteiger partial charge in [-0.2, -0.15) is 11.8 Å². The number of sulfonamides is 1. The second kappa shape index (κ2) is 7.87. The van der Waals surface area contributed by atoms with E-state index >= 15 is 0 Å². The first kappa shape index (κ1) is 17.3. The van der Waals surface area contributed by atoms with Crippen molar-refractivity contribution >= 4 is 21.8 Å². The fraction of sp³-hybridized carbons (Fsp3) is 0.538. The van der Waals surface area contributed by atoms with Crippen molar-refractivity contribution in [3.8, 4) is 5.75 Å². The molecular formula is C13H22N2O3S2. The predicted molar refractivity (Wildman–Crippen MR) is 84.0 cm³/mol. The monoisotopic (exact) mass is 318 g/mol. The normalized spacial score (nSPS) is 11.8. The first-order chi connectivity index (χ1) is 9.47. The van der Waals surface area contributed by atoms with Crippen LogP contribution in [0.4, 0.5) is 0 Å². The number of nitrogens with two attached hydrogens (primary N) is 1. The molecule has 1 rings (SSSR count). The van der Waals surface area contributed by atoms with E-state index in [2.05, 4.69) is 0 Å². The number of hydrogen-bond acceptors (Lipinski definition) is 5. The number of ether oxygens (including phenoxy) is 1. The molecule has 0 aromatic heterocycles. The van der Waals surface area contributed by atoms with E-state index < -0.39 is 10.0 Å². The lowest BCUT2D eigenvalue weighted by Crippen LogP contribution is -2.30. The molecule has 0 heterocycles. The Morgan fingerprint density at radius 2 is 2.10 bits per heavy atom. The molecular weight excluding hydrogens is 296 g/mol. The van der Waals surface area contributed by atoms with Crippen molar-refractivity contribution < 1.29 is 13.2 Å². The van der Waals surface area contributed by atoms with Crippen LogP contribution in [0, 0.1) is 0 Å². The maximum atomic E-state index is 12.6. The van der Waals surface area contributed by atoms with E-state index in [9.17, 15) is 8.42 Å². The second-order valence-electron chi connectivity index (χ2n) is 4.33. The minimum absolute atomic E-state index is 0.312. The molecule has 0 aliphatic heterocycles. The van der Waals surface area contributed by atoms with E-state index in [-0.39, 0.29) is 0 Å². The molecule has 114 valence electrons. The molecule has 0 radical (unpaired) electrons. The Kier molecular flexibility index (Phi) is 6.81. The van der Waals surface area contributed by atoms with Gasteiger partial charge in [-0.25, -0.2) is 12.7 Å². The third kappa shape index (κ3) is 4.12. The lowest BCUT2D eigenvalue weighted by Gasteiger charge is -2.19. The van der Waals surface area contributed by atoms with Crippen LogP contribution in [-0.4, -0.2) is 52.0 Å². The van der Waals surface area contributed by atoms with Crippen LogP contribution in [0.2, 0.25) is 0 Å². The van der Waals surface area contributed by atoms with Crippen molar-refractivity contribution in [1.29, 1.82) is 0 Å². The standard InChI is InChI=1S/C13H22N2O3S2/c1-15(8-9-19-3)20(16,17)13-5-4-12(18-2)10-11(13)6-7-14/h4-5,10H,6-9,14H2,1-3H3. The van der Waals surface area contributed by atoms with Crippen molar-refractivity contribution in [2.75, 3.05) is 39.3 Å². The second-order valence-corrected chi connectivity index (χ2v) is 7.33. The van der Waals surface area contributed by atoms with E-state index in [4.69, 9.17) is 10.5 Å². The van der Waals surface area contributed by atoms with Crippen LogP contribution < -0.4 is 10.5 Å². The average Bonchev–Trinajstić information content (AvgIpc) is 2.44. The molecule has 0 atom stereocenters. The Bertz CT molecular complexity index is 532. The fourth-order valence-corrected chi connectivity index (χ4v) is 3.76. The van der Waals surface area contributed by atoms with E-state index in [0.29, 0.717) is 35.7 Å². The lowest BCUT2D eigenvalue weighted by molar-refractivity contribution is 0.413.